The van der Waals surface area contributed by atoms with Gasteiger partial charge in [-0.15, -0.1) is 0 Å². The molecule has 0 bridgehead atoms. The van der Waals surface area contributed by atoms with E-state index < -0.39 is 0 Å². The van der Waals surface area contributed by atoms with Crippen LogP contribution >= 0.6 is 0 Å². The molecule has 70 valence electrons. The minimum atomic E-state index is 0.291. The lowest BCUT2D eigenvalue weighted by atomic mass is 10.1. The van der Waals surface area contributed by atoms with E-state index in [2.05, 4.69) is 16.3 Å². The van der Waals surface area contributed by atoms with Crippen LogP contribution in [0.25, 0.3) is 0 Å². The smallest absolute Gasteiger partial charge is 0.0991 e. The van der Waals surface area contributed by atoms with Crippen molar-refractivity contribution in [3.8, 4) is 6.07 Å². The fraction of sp³-hybridized carbons (Fsp3) is 0.200. The molecule has 0 atom stereocenters. The summed E-state index contributed by atoms with van der Waals surface area (Å²) in [7, 11) is 0. The van der Waals surface area contributed by atoms with Crippen molar-refractivity contribution in [2.75, 3.05) is 6.54 Å². The number of nitrogens with zero attached hydrogens (tertiary/aromatic N) is 3. The molecule has 0 heterocycles. The first-order valence-corrected chi connectivity index (χ1v) is 4.15. The Morgan fingerprint density at radius 3 is 2.93 bits per heavy atom. The number of aryl methyl sites for hydroxylation is 1. The quantitative estimate of drug-likeness (QED) is 0.571. The molecule has 0 aliphatic heterocycles. The van der Waals surface area contributed by atoms with Gasteiger partial charge in [0.2, 0.25) is 0 Å². The van der Waals surface area contributed by atoms with E-state index in [1.807, 2.05) is 6.92 Å². The predicted molar refractivity (Wildman–Crippen MR) is 54.1 cm³/mol. The molecule has 0 unspecified atom stereocenters. The fourth-order valence-electron chi connectivity index (χ4n) is 0.995. The van der Waals surface area contributed by atoms with Gasteiger partial charge in [-0.2, -0.15) is 15.5 Å². The summed E-state index contributed by atoms with van der Waals surface area (Å²) in [6.45, 7) is 2.17. The van der Waals surface area contributed by atoms with Crippen LogP contribution < -0.4 is 0 Å². The zero-order valence-electron chi connectivity index (χ0n) is 7.86. The highest BCUT2D eigenvalue weighted by Gasteiger charge is 1.97. The third-order valence-corrected chi connectivity index (χ3v) is 1.68. The molecule has 1 aromatic rings. The van der Waals surface area contributed by atoms with Crippen molar-refractivity contribution in [1.82, 2.24) is 0 Å². The zero-order chi connectivity index (χ0) is 10.4. The summed E-state index contributed by atoms with van der Waals surface area (Å²) in [5, 5.41) is 23.1. The number of benzene rings is 1. The Balaban J connectivity index is 2.90. The molecule has 0 aliphatic rings. The summed E-state index contributed by atoms with van der Waals surface area (Å²) < 4.78 is 0. The SMILES string of the molecule is Cc1cc(C#N)ccc1N=NCC=N. The highest BCUT2D eigenvalue weighted by atomic mass is 15.1. The van der Waals surface area contributed by atoms with Crippen molar-refractivity contribution in [1.29, 1.82) is 10.7 Å². The number of hydrogen-bond acceptors (Lipinski definition) is 4. The van der Waals surface area contributed by atoms with Crippen molar-refractivity contribution in [2.45, 2.75) is 6.92 Å². The van der Waals surface area contributed by atoms with Gasteiger partial charge < -0.3 is 5.41 Å². The number of rotatable bonds is 3. The van der Waals surface area contributed by atoms with Crippen molar-refractivity contribution >= 4 is 11.9 Å². The number of nitriles is 1. The number of nitrogens with one attached hydrogen (secondary N) is 1. The van der Waals surface area contributed by atoms with Crippen LogP contribution in [0.4, 0.5) is 5.69 Å². The van der Waals surface area contributed by atoms with Gasteiger partial charge in [-0.3, -0.25) is 0 Å². The third kappa shape index (κ3) is 2.49. The van der Waals surface area contributed by atoms with Crippen LogP contribution in [0.15, 0.2) is 28.4 Å². The molecule has 14 heavy (non-hydrogen) atoms. The Morgan fingerprint density at radius 2 is 2.36 bits per heavy atom. The zero-order valence-corrected chi connectivity index (χ0v) is 7.86. The van der Waals surface area contributed by atoms with E-state index in [0.29, 0.717) is 12.1 Å². The van der Waals surface area contributed by atoms with Crippen LogP contribution in [-0.4, -0.2) is 12.8 Å². The molecule has 1 N–H and O–H groups in total. The first kappa shape index (κ1) is 10.1. The molecule has 0 fully saturated rings. The van der Waals surface area contributed by atoms with E-state index in [4.69, 9.17) is 10.7 Å². The molecular formula is C10H10N4. The monoisotopic (exact) mass is 186 g/mol. The third-order valence-electron chi connectivity index (χ3n) is 1.68. The normalized spacial score (nSPS) is 10.0. The fourth-order valence-corrected chi connectivity index (χ4v) is 0.995. The number of hydrogen-bond donors (Lipinski definition) is 1. The van der Waals surface area contributed by atoms with Crippen LogP contribution in [0.5, 0.6) is 0 Å². The summed E-state index contributed by atoms with van der Waals surface area (Å²) in [6, 6.07) is 7.27. The maximum atomic E-state index is 8.63. The highest BCUT2D eigenvalue weighted by Crippen LogP contribution is 2.19. The molecule has 0 radical (unpaired) electrons. The van der Waals surface area contributed by atoms with Crippen molar-refractivity contribution in [2.24, 2.45) is 10.2 Å². The Hall–Kier alpha value is -2.02. The number of azo groups is 1. The Morgan fingerprint density at radius 1 is 1.57 bits per heavy atom. The topological polar surface area (TPSA) is 72.4 Å². The van der Waals surface area contributed by atoms with Crippen LogP contribution in [0.1, 0.15) is 11.1 Å². The second-order valence-corrected chi connectivity index (χ2v) is 2.74. The molecule has 0 saturated carbocycles. The van der Waals surface area contributed by atoms with Crippen molar-refractivity contribution in [3.05, 3.63) is 29.3 Å². The molecule has 0 aliphatic carbocycles. The summed E-state index contributed by atoms with van der Waals surface area (Å²) in [5.74, 6) is 0. The van der Waals surface area contributed by atoms with Gasteiger partial charge in [-0.05, 0) is 30.7 Å². The van der Waals surface area contributed by atoms with Gasteiger partial charge in [-0.1, -0.05) is 0 Å². The molecule has 4 nitrogen and oxygen atoms in total. The molecule has 0 aromatic heterocycles. The minimum Gasteiger partial charge on any atom is -0.311 e. The largest absolute Gasteiger partial charge is 0.311 e. The van der Waals surface area contributed by atoms with Gasteiger partial charge in [0, 0.05) is 6.21 Å². The first-order valence-electron chi connectivity index (χ1n) is 4.15. The summed E-state index contributed by atoms with van der Waals surface area (Å²) >= 11 is 0. The lowest BCUT2D eigenvalue weighted by Gasteiger charge is -1.97. The van der Waals surface area contributed by atoms with E-state index in [1.54, 1.807) is 18.2 Å². The highest BCUT2D eigenvalue weighted by molar-refractivity contribution is 5.55. The van der Waals surface area contributed by atoms with E-state index in [0.717, 1.165) is 11.3 Å². The second-order valence-electron chi connectivity index (χ2n) is 2.74. The molecule has 4 heteroatoms. The van der Waals surface area contributed by atoms with Crippen LogP contribution in [0, 0.1) is 23.7 Å². The van der Waals surface area contributed by atoms with E-state index >= 15 is 0 Å². The second kappa shape index (κ2) is 4.87. The molecule has 1 rings (SSSR count). The minimum absolute atomic E-state index is 0.291. The average molecular weight is 186 g/mol. The Labute approximate surface area is 82.4 Å². The average Bonchev–Trinajstić information content (AvgIpc) is 2.20. The molecule has 1 aromatic carbocycles. The Bertz CT molecular complexity index is 401. The maximum absolute atomic E-state index is 8.63. The van der Waals surface area contributed by atoms with Gasteiger partial charge in [0.15, 0.2) is 0 Å². The van der Waals surface area contributed by atoms with Crippen LogP contribution in [0.2, 0.25) is 0 Å². The van der Waals surface area contributed by atoms with Gasteiger partial charge in [-0.25, -0.2) is 0 Å². The molecule has 0 amide bonds. The molecule has 0 spiro atoms. The van der Waals surface area contributed by atoms with Crippen molar-refractivity contribution < 1.29 is 0 Å². The maximum Gasteiger partial charge on any atom is 0.0991 e. The lowest BCUT2D eigenvalue weighted by molar-refractivity contribution is 1.10. The van der Waals surface area contributed by atoms with E-state index in [-0.39, 0.29) is 0 Å². The van der Waals surface area contributed by atoms with Gasteiger partial charge in [0.25, 0.3) is 0 Å². The lowest BCUT2D eigenvalue weighted by Crippen LogP contribution is -1.79. The Kier molecular flexibility index (Phi) is 3.50. The van der Waals surface area contributed by atoms with Crippen LogP contribution in [0.3, 0.4) is 0 Å². The standard InChI is InChI=1S/C10H10N4/c1-8-6-9(7-12)2-3-10(8)14-13-5-4-11/h2-4,6,11H,5H2,1H3. The van der Waals surface area contributed by atoms with Gasteiger partial charge in [0.05, 0.1) is 23.9 Å². The summed E-state index contributed by atoms with van der Waals surface area (Å²) in [4.78, 5) is 0. The first-order chi connectivity index (χ1) is 6.77. The van der Waals surface area contributed by atoms with Gasteiger partial charge >= 0.3 is 0 Å². The molecular weight excluding hydrogens is 176 g/mol. The molecule has 0 saturated heterocycles. The van der Waals surface area contributed by atoms with E-state index in [9.17, 15) is 0 Å². The van der Waals surface area contributed by atoms with E-state index in [1.165, 1.54) is 6.21 Å². The predicted octanol–water partition coefficient (Wildman–Crippen LogP) is 2.60. The van der Waals surface area contributed by atoms with Crippen molar-refractivity contribution in [3.63, 3.8) is 0 Å². The van der Waals surface area contributed by atoms with Crippen LogP contribution in [-0.2, 0) is 0 Å². The summed E-state index contributed by atoms with van der Waals surface area (Å²) in [6.07, 6.45) is 1.18. The van der Waals surface area contributed by atoms with Gasteiger partial charge in [0.1, 0.15) is 0 Å². The summed E-state index contributed by atoms with van der Waals surface area (Å²) in [5.41, 5.74) is 2.28.